The normalized spacial score (nSPS) is 16.2. The molecule has 2 fully saturated rings. The van der Waals surface area contributed by atoms with E-state index in [1.54, 1.807) is 11.3 Å². The molecule has 38 heavy (non-hydrogen) atoms. The Morgan fingerprint density at radius 3 is 2.50 bits per heavy atom. The number of aryl methyl sites for hydroxylation is 3. The van der Waals surface area contributed by atoms with E-state index in [9.17, 15) is 9.90 Å². The number of ether oxygens (including phenoxy) is 1. The molecular formula is C30H28N4O3S. The number of anilines is 1. The highest BCUT2D eigenvalue weighted by atomic mass is 32.1. The summed E-state index contributed by atoms with van der Waals surface area (Å²) in [7, 11) is 1.99. The van der Waals surface area contributed by atoms with Crippen molar-refractivity contribution in [2.75, 3.05) is 31.2 Å². The summed E-state index contributed by atoms with van der Waals surface area (Å²) >= 11 is 1.63. The van der Waals surface area contributed by atoms with E-state index in [1.807, 2.05) is 24.7 Å². The van der Waals surface area contributed by atoms with Crippen molar-refractivity contribution in [1.29, 1.82) is 0 Å². The van der Waals surface area contributed by atoms with E-state index in [1.165, 1.54) is 5.56 Å². The van der Waals surface area contributed by atoms with Gasteiger partial charge in [0.05, 0.1) is 40.8 Å². The Morgan fingerprint density at radius 1 is 1.08 bits per heavy atom. The summed E-state index contributed by atoms with van der Waals surface area (Å²) in [4.78, 5) is 19.2. The maximum absolute atomic E-state index is 11.8. The molecule has 0 aliphatic carbocycles. The summed E-state index contributed by atoms with van der Waals surface area (Å²) < 4.78 is 8.43. The van der Waals surface area contributed by atoms with Gasteiger partial charge in [-0.3, -0.25) is 9.48 Å². The van der Waals surface area contributed by atoms with Crippen LogP contribution < -0.4 is 4.90 Å². The van der Waals surface area contributed by atoms with Crippen LogP contribution in [0.5, 0.6) is 0 Å². The zero-order valence-corrected chi connectivity index (χ0v) is 22.4. The number of aromatic nitrogens is 3. The average Bonchev–Trinajstić information content (AvgIpc) is 3.39. The van der Waals surface area contributed by atoms with Crippen molar-refractivity contribution in [2.24, 2.45) is 12.5 Å². The molecule has 0 amide bonds. The molecule has 8 heteroatoms. The van der Waals surface area contributed by atoms with Crippen LogP contribution >= 0.6 is 11.3 Å². The van der Waals surface area contributed by atoms with E-state index in [2.05, 4.69) is 54.3 Å². The number of rotatable bonds is 5. The Balaban J connectivity index is 1.36. The summed E-state index contributed by atoms with van der Waals surface area (Å²) in [6.07, 6.45) is -0.0222. The van der Waals surface area contributed by atoms with Gasteiger partial charge in [-0.2, -0.15) is 5.10 Å². The van der Waals surface area contributed by atoms with Crippen molar-refractivity contribution < 1.29 is 14.6 Å². The first-order chi connectivity index (χ1) is 18.3. The van der Waals surface area contributed by atoms with E-state index in [0.29, 0.717) is 5.41 Å². The van der Waals surface area contributed by atoms with Crippen molar-refractivity contribution in [2.45, 2.75) is 20.3 Å². The molecule has 2 aliphatic rings. The second kappa shape index (κ2) is 8.38. The highest BCUT2D eigenvalue weighted by molar-refractivity contribution is 7.22. The lowest BCUT2D eigenvalue weighted by Crippen LogP contribution is -2.66. The van der Waals surface area contributed by atoms with Crippen LogP contribution in [0.4, 0.5) is 5.82 Å². The third-order valence-corrected chi connectivity index (χ3v) is 9.06. The van der Waals surface area contributed by atoms with Crippen LogP contribution in [0, 0.1) is 19.3 Å². The zero-order valence-electron chi connectivity index (χ0n) is 21.6. The van der Waals surface area contributed by atoms with Crippen molar-refractivity contribution in [1.82, 2.24) is 14.8 Å². The smallest absolute Gasteiger partial charge is 0.307 e. The van der Waals surface area contributed by atoms with Gasteiger partial charge in [0.25, 0.3) is 0 Å². The largest absolute Gasteiger partial charge is 0.481 e. The Kier molecular flexibility index (Phi) is 5.15. The minimum Gasteiger partial charge on any atom is -0.481 e. The molecule has 2 aromatic heterocycles. The first-order valence-electron chi connectivity index (χ1n) is 12.8. The fourth-order valence-corrected chi connectivity index (χ4v) is 7.00. The Morgan fingerprint density at radius 2 is 1.82 bits per heavy atom. The van der Waals surface area contributed by atoms with Crippen LogP contribution in [0.1, 0.15) is 16.7 Å². The molecule has 2 saturated heterocycles. The monoisotopic (exact) mass is 524 g/mol. The van der Waals surface area contributed by atoms with E-state index < -0.39 is 5.97 Å². The van der Waals surface area contributed by atoms with Gasteiger partial charge >= 0.3 is 5.97 Å². The number of thiazole rings is 1. The second-order valence-corrected chi connectivity index (χ2v) is 11.9. The van der Waals surface area contributed by atoms with Crippen molar-refractivity contribution >= 4 is 44.2 Å². The first-order valence-corrected chi connectivity index (χ1v) is 13.6. The van der Waals surface area contributed by atoms with Crippen LogP contribution in [0.15, 0.2) is 48.5 Å². The van der Waals surface area contributed by atoms with Gasteiger partial charge in [-0.1, -0.05) is 29.8 Å². The number of carbonyl (C=O) groups is 1. The van der Waals surface area contributed by atoms with Crippen LogP contribution in [0.3, 0.4) is 0 Å². The summed E-state index contributed by atoms with van der Waals surface area (Å²) in [5.41, 5.74) is 8.30. The van der Waals surface area contributed by atoms with Gasteiger partial charge in [0.15, 0.2) is 5.82 Å². The fourth-order valence-electron chi connectivity index (χ4n) is 5.86. The van der Waals surface area contributed by atoms with E-state index in [-0.39, 0.29) is 6.42 Å². The molecule has 0 radical (unpaired) electrons. The molecule has 7 rings (SSSR count). The lowest BCUT2D eigenvalue weighted by Gasteiger charge is -2.55. The Labute approximate surface area is 224 Å². The van der Waals surface area contributed by atoms with Crippen LogP contribution in [0.25, 0.3) is 42.8 Å². The Bertz CT molecular complexity index is 1740. The van der Waals surface area contributed by atoms with Gasteiger partial charge in [0, 0.05) is 36.7 Å². The number of carboxylic acids is 1. The van der Waals surface area contributed by atoms with E-state index in [0.717, 1.165) is 86.1 Å². The van der Waals surface area contributed by atoms with Crippen LogP contribution in [0.2, 0.25) is 0 Å². The molecule has 2 aliphatic heterocycles. The molecule has 1 spiro atoms. The molecule has 7 nitrogen and oxygen atoms in total. The number of hydrogen-bond acceptors (Lipinski definition) is 6. The summed E-state index contributed by atoms with van der Waals surface area (Å²) in [5, 5.41) is 16.6. The third kappa shape index (κ3) is 3.62. The zero-order chi connectivity index (χ0) is 26.2. The third-order valence-electron chi connectivity index (χ3n) is 7.93. The number of fused-ring (bicyclic) bond motifs is 2. The van der Waals surface area contributed by atoms with Crippen LogP contribution in [-0.4, -0.2) is 52.1 Å². The van der Waals surface area contributed by atoms with Gasteiger partial charge in [0.2, 0.25) is 0 Å². The summed E-state index contributed by atoms with van der Waals surface area (Å²) in [5.74, 6) is 0.185. The predicted molar refractivity (Wildman–Crippen MR) is 151 cm³/mol. The van der Waals surface area contributed by atoms with E-state index in [4.69, 9.17) is 14.8 Å². The van der Waals surface area contributed by atoms with Gasteiger partial charge < -0.3 is 14.7 Å². The van der Waals surface area contributed by atoms with Crippen molar-refractivity contribution in [3.05, 3.63) is 65.2 Å². The maximum atomic E-state index is 11.8. The first kappa shape index (κ1) is 23.4. The van der Waals surface area contributed by atoms with Gasteiger partial charge in [-0.05, 0) is 54.8 Å². The number of nitrogens with zero attached hydrogens (tertiary/aromatic N) is 4. The SMILES string of the molecule is Cc1ccc(-c2c(CC(=O)O)c(C)cc3nc(-c4ccc5c(c4)c(N4CC6(COC6)C4)nn5C)sc23)cc1. The predicted octanol–water partition coefficient (Wildman–Crippen LogP) is 5.60. The van der Waals surface area contributed by atoms with Crippen molar-refractivity contribution in [3.63, 3.8) is 0 Å². The molecule has 0 saturated carbocycles. The highest BCUT2D eigenvalue weighted by Gasteiger charge is 2.50. The molecule has 0 bridgehead atoms. The number of hydrogen-bond donors (Lipinski definition) is 1. The topological polar surface area (TPSA) is 80.5 Å². The number of carboxylic acid groups (broad SMARTS) is 1. The van der Waals surface area contributed by atoms with Crippen LogP contribution in [-0.2, 0) is 23.0 Å². The standard InChI is InChI=1S/C30H28N4O3S/c1-17-4-6-19(7-5-17)26-21(12-25(35)36)18(2)10-23-27(26)38-29(31-23)20-8-9-24-22(11-20)28(32-33(24)3)34-13-30(14-34)15-37-16-30/h4-11H,12-16H2,1-3H3,(H,35,36). The number of aliphatic carboxylic acids is 1. The van der Waals surface area contributed by atoms with Gasteiger partial charge in [-0.25, -0.2) is 4.98 Å². The van der Waals surface area contributed by atoms with E-state index >= 15 is 0 Å². The molecule has 1 N–H and O–H groups in total. The average molecular weight is 525 g/mol. The van der Waals surface area contributed by atoms with Crippen molar-refractivity contribution in [3.8, 4) is 21.7 Å². The molecular weight excluding hydrogens is 496 g/mol. The Hall–Kier alpha value is -3.75. The minimum atomic E-state index is -0.832. The number of benzene rings is 3. The molecule has 4 heterocycles. The quantitative estimate of drug-likeness (QED) is 0.323. The molecule has 0 atom stereocenters. The fraction of sp³-hybridized carbons (Fsp3) is 0.300. The molecule has 0 unspecified atom stereocenters. The van der Waals surface area contributed by atoms with Gasteiger partial charge in [-0.15, -0.1) is 11.3 Å². The molecule has 5 aromatic rings. The lowest BCUT2D eigenvalue weighted by molar-refractivity contribution is -0.136. The summed E-state index contributed by atoms with van der Waals surface area (Å²) in [6.45, 7) is 7.69. The highest BCUT2D eigenvalue weighted by Crippen LogP contribution is 2.44. The van der Waals surface area contributed by atoms with Gasteiger partial charge in [0.1, 0.15) is 5.01 Å². The molecule has 192 valence electrons. The summed E-state index contributed by atoms with van der Waals surface area (Å²) in [6, 6.07) is 16.8. The second-order valence-electron chi connectivity index (χ2n) is 10.9. The minimum absolute atomic E-state index is 0.0222. The lowest BCUT2D eigenvalue weighted by atomic mass is 9.78. The molecule has 3 aromatic carbocycles. The maximum Gasteiger partial charge on any atom is 0.307 e.